The average Bonchev–Trinajstić information content (AvgIpc) is 3.02. The molecule has 152 valence electrons. The predicted molar refractivity (Wildman–Crippen MR) is 122 cm³/mol. The van der Waals surface area contributed by atoms with Gasteiger partial charge in [0.05, 0.1) is 0 Å². The lowest BCUT2D eigenvalue weighted by molar-refractivity contribution is 0.111. The molecule has 0 nitrogen and oxygen atoms in total. The highest BCUT2D eigenvalue weighted by molar-refractivity contribution is 5.53. The van der Waals surface area contributed by atoms with E-state index in [4.69, 9.17) is 0 Å². The second-order valence-corrected chi connectivity index (χ2v) is 10.8. The zero-order chi connectivity index (χ0) is 19.9. The molecule has 0 saturated heterocycles. The maximum absolute atomic E-state index is 4.28. The van der Waals surface area contributed by atoms with Crippen LogP contribution in [-0.4, -0.2) is 0 Å². The largest absolute Gasteiger partial charge is 0.103 e. The van der Waals surface area contributed by atoms with Gasteiger partial charge in [0.15, 0.2) is 0 Å². The summed E-state index contributed by atoms with van der Waals surface area (Å²) in [6.45, 7) is 14.1. The first-order chi connectivity index (χ1) is 13.4. The van der Waals surface area contributed by atoms with Crippen molar-refractivity contribution in [2.24, 2.45) is 34.5 Å². The van der Waals surface area contributed by atoms with Gasteiger partial charge in [0.2, 0.25) is 0 Å². The molecule has 1 fully saturated rings. The quantitative estimate of drug-likeness (QED) is 0.410. The van der Waals surface area contributed by atoms with Crippen molar-refractivity contribution in [1.29, 1.82) is 0 Å². The monoisotopic (exact) mass is 376 g/mol. The minimum Gasteiger partial charge on any atom is -0.103 e. The van der Waals surface area contributed by atoms with Crippen LogP contribution in [0, 0.1) is 34.5 Å². The van der Waals surface area contributed by atoms with Gasteiger partial charge in [-0.1, -0.05) is 82.6 Å². The Morgan fingerprint density at radius 2 is 2.00 bits per heavy atom. The summed E-state index contributed by atoms with van der Waals surface area (Å²) in [5, 5.41) is 0. The first kappa shape index (κ1) is 20.0. The van der Waals surface area contributed by atoms with Crippen molar-refractivity contribution in [3.63, 3.8) is 0 Å². The molecule has 0 aromatic heterocycles. The number of hydrogen-bond acceptors (Lipinski definition) is 0. The molecule has 0 aromatic rings. The summed E-state index contributed by atoms with van der Waals surface area (Å²) in [6.07, 6.45) is 24.9. The Kier molecular flexibility index (Phi) is 5.36. The smallest absolute Gasteiger partial charge is 0.0174 e. The van der Waals surface area contributed by atoms with E-state index in [1.54, 1.807) is 11.1 Å². The lowest BCUT2D eigenvalue weighted by Gasteiger charge is -2.50. The molecule has 0 aromatic carbocycles. The molecule has 0 spiro atoms. The molecule has 0 bridgehead atoms. The Balaban J connectivity index is 1.58. The van der Waals surface area contributed by atoms with Gasteiger partial charge in [0.25, 0.3) is 0 Å². The second-order valence-electron chi connectivity index (χ2n) is 10.8. The fourth-order valence-electron chi connectivity index (χ4n) is 7.14. The van der Waals surface area contributed by atoms with E-state index in [1.807, 2.05) is 0 Å². The molecule has 0 heterocycles. The minimum atomic E-state index is 0.257. The van der Waals surface area contributed by atoms with Gasteiger partial charge in [-0.15, -0.1) is 6.58 Å². The summed E-state index contributed by atoms with van der Waals surface area (Å²) in [4.78, 5) is 0. The number of fused-ring (bicyclic) bond motifs is 4. The molecule has 5 atom stereocenters. The summed E-state index contributed by atoms with van der Waals surface area (Å²) in [7, 11) is 0. The van der Waals surface area contributed by atoms with Crippen LogP contribution in [0.3, 0.4) is 0 Å². The Labute approximate surface area is 173 Å². The van der Waals surface area contributed by atoms with Gasteiger partial charge >= 0.3 is 0 Å². The van der Waals surface area contributed by atoms with Crippen molar-refractivity contribution in [2.75, 3.05) is 0 Å². The molecule has 28 heavy (non-hydrogen) atoms. The van der Waals surface area contributed by atoms with Crippen LogP contribution < -0.4 is 0 Å². The van der Waals surface area contributed by atoms with Gasteiger partial charge in [-0.25, -0.2) is 0 Å². The molecule has 0 radical (unpaired) electrons. The van der Waals surface area contributed by atoms with Gasteiger partial charge in [0.1, 0.15) is 0 Å². The molecule has 0 unspecified atom stereocenters. The van der Waals surface area contributed by atoms with Crippen molar-refractivity contribution in [3.05, 3.63) is 59.8 Å². The van der Waals surface area contributed by atoms with Crippen molar-refractivity contribution in [3.8, 4) is 0 Å². The lowest BCUT2D eigenvalue weighted by atomic mass is 9.55. The number of rotatable bonds is 6. The van der Waals surface area contributed by atoms with Crippen molar-refractivity contribution >= 4 is 0 Å². The molecule has 4 rings (SSSR count). The summed E-state index contributed by atoms with van der Waals surface area (Å²) in [5.41, 5.74) is 5.74. The topological polar surface area (TPSA) is 0 Å². The van der Waals surface area contributed by atoms with Crippen LogP contribution in [0.5, 0.6) is 0 Å². The van der Waals surface area contributed by atoms with Crippen molar-refractivity contribution < 1.29 is 0 Å². The first-order valence-electron chi connectivity index (χ1n) is 11.8. The van der Waals surface area contributed by atoms with Crippen LogP contribution >= 0.6 is 0 Å². The van der Waals surface area contributed by atoms with Crippen LogP contribution in [0.15, 0.2) is 59.8 Å². The van der Waals surface area contributed by atoms with Crippen molar-refractivity contribution in [1.82, 2.24) is 0 Å². The lowest BCUT2D eigenvalue weighted by Crippen LogP contribution is -2.40. The molecule has 0 heteroatoms. The predicted octanol–water partition coefficient (Wildman–Crippen LogP) is 8.20. The van der Waals surface area contributed by atoms with E-state index in [2.05, 4.69) is 70.7 Å². The van der Waals surface area contributed by atoms with Crippen LogP contribution in [0.4, 0.5) is 0 Å². The highest BCUT2D eigenvalue weighted by atomic mass is 14.6. The maximum atomic E-state index is 4.28. The number of allylic oxidation sites excluding steroid dienone is 9. The second kappa shape index (κ2) is 7.51. The minimum absolute atomic E-state index is 0.257. The third-order valence-corrected chi connectivity index (χ3v) is 8.87. The molecular weight excluding hydrogens is 336 g/mol. The third-order valence-electron chi connectivity index (χ3n) is 8.87. The van der Waals surface area contributed by atoms with Gasteiger partial charge in [0, 0.05) is 5.41 Å². The van der Waals surface area contributed by atoms with E-state index in [0.29, 0.717) is 11.3 Å². The van der Waals surface area contributed by atoms with E-state index < -0.39 is 0 Å². The molecule has 1 saturated carbocycles. The zero-order valence-electron chi connectivity index (χ0n) is 18.6. The first-order valence-corrected chi connectivity index (χ1v) is 11.8. The summed E-state index contributed by atoms with van der Waals surface area (Å²) in [5.74, 6) is 3.10. The van der Waals surface area contributed by atoms with Gasteiger partial charge < -0.3 is 0 Å². The number of hydrogen-bond donors (Lipinski definition) is 0. The Hall–Kier alpha value is -1.30. The van der Waals surface area contributed by atoms with E-state index >= 15 is 0 Å². The van der Waals surface area contributed by atoms with E-state index in [0.717, 1.165) is 17.8 Å². The Morgan fingerprint density at radius 1 is 1.18 bits per heavy atom. The molecule has 4 aliphatic rings. The summed E-state index contributed by atoms with van der Waals surface area (Å²) in [6, 6.07) is 0. The normalized spacial score (nSPS) is 37.4. The van der Waals surface area contributed by atoms with Crippen LogP contribution in [0.1, 0.15) is 79.1 Å². The Morgan fingerprint density at radius 3 is 2.75 bits per heavy atom. The fourth-order valence-corrected chi connectivity index (χ4v) is 7.14. The zero-order valence-corrected chi connectivity index (χ0v) is 18.6. The molecular formula is C28H40. The highest BCUT2D eigenvalue weighted by Gasteiger charge is 2.53. The van der Waals surface area contributed by atoms with Gasteiger partial charge in [-0.05, 0) is 78.8 Å². The SMILES string of the molecule is C=C[C@H](CCCC(C)C)[C@H]1CC[C@H]2C3=C(CC[C@]12C)[C@@]1(C)CC=CC=C1C=C3. The molecule has 4 aliphatic carbocycles. The standard InChI is InChI=1S/C28H40/c1-6-21(11-9-10-20(2)3)24-15-16-25-23-14-13-22-12-7-8-18-27(22,4)26(23)17-19-28(24,25)5/h6-8,12-14,20-21,24-25H,1,9-11,15-19H2,2-5H3/t21-,24-,25+,27+,28-/m1/s1. The maximum Gasteiger partial charge on any atom is 0.0174 e. The fraction of sp³-hybridized carbons (Fsp3) is 0.643. The van der Waals surface area contributed by atoms with Crippen LogP contribution in [-0.2, 0) is 0 Å². The summed E-state index contributed by atoms with van der Waals surface area (Å²) >= 11 is 0. The van der Waals surface area contributed by atoms with Gasteiger partial charge in [-0.2, -0.15) is 0 Å². The van der Waals surface area contributed by atoms with Gasteiger partial charge in [-0.3, -0.25) is 0 Å². The molecule has 0 N–H and O–H groups in total. The molecule has 0 aliphatic heterocycles. The highest BCUT2D eigenvalue weighted by Crippen LogP contribution is 2.64. The van der Waals surface area contributed by atoms with Crippen LogP contribution in [0.2, 0.25) is 0 Å². The summed E-state index contributed by atoms with van der Waals surface area (Å²) < 4.78 is 0. The molecule has 0 amide bonds. The van der Waals surface area contributed by atoms with Crippen LogP contribution in [0.25, 0.3) is 0 Å². The van der Waals surface area contributed by atoms with E-state index in [9.17, 15) is 0 Å². The van der Waals surface area contributed by atoms with E-state index in [1.165, 1.54) is 56.9 Å². The van der Waals surface area contributed by atoms with Crippen molar-refractivity contribution in [2.45, 2.75) is 79.1 Å². The van der Waals surface area contributed by atoms with E-state index in [-0.39, 0.29) is 5.41 Å². The Bertz CT molecular complexity index is 742. The third kappa shape index (κ3) is 3.12. The average molecular weight is 377 g/mol.